The molecule has 0 aliphatic rings. The van der Waals surface area contributed by atoms with Crippen molar-refractivity contribution in [2.24, 2.45) is 0 Å². The molecule has 0 unspecified atom stereocenters. The van der Waals surface area contributed by atoms with Gasteiger partial charge in [-0.1, -0.05) is 47.5 Å². The van der Waals surface area contributed by atoms with Crippen LogP contribution in [0, 0.1) is 13.8 Å². The van der Waals surface area contributed by atoms with E-state index in [2.05, 4.69) is 5.32 Å². The molecular formula is C19H18ClNO3. The number of rotatable bonds is 5. The highest BCUT2D eigenvalue weighted by atomic mass is 35.5. The predicted molar refractivity (Wildman–Crippen MR) is 96.0 cm³/mol. The third-order valence-electron chi connectivity index (χ3n) is 3.38. The summed E-state index contributed by atoms with van der Waals surface area (Å²) in [5.74, 6) is -0.994. The Bertz CT molecular complexity index is 767. The molecule has 124 valence electrons. The summed E-state index contributed by atoms with van der Waals surface area (Å²) in [5, 5.41) is 3.22. The van der Waals surface area contributed by atoms with E-state index >= 15 is 0 Å². The normalized spacial score (nSPS) is 10.6. The molecule has 24 heavy (non-hydrogen) atoms. The topological polar surface area (TPSA) is 55.4 Å². The Morgan fingerprint density at radius 1 is 1.12 bits per heavy atom. The second kappa shape index (κ2) is 8.31. The molecule has 2 aromatic rings. The van der Waals surface area contributed by atoms with E-state index < -0.39 is 11.9 Å². The van der Waals surface area contributed by atoms with Gasteiger partial charge in [0.2, 0.25) is 0 Å². The van der Waals surface area contributed by atoms with Crippen molar-refractivity contribution in [3.63, 3.8) is 0 Å². The van der Waals surface area contributed by atoms with Gasteiger partial charge in [-0.15, -0.1) is 0 Å². The number of hydrogen-bond donors (Lipinski definition) is 1. The summed E-state index contributed by atoms with van der Waals surface area (Å²) in [7, 11) is 0. The molecule has 0 atom stereocenters. The molecule has 0 fully saturated rings. The van der Waals surface area contributed by atoms with Gasteiger partial charge in [-0.25, -0.2) is 4.79 Å². The molecule has 0 aliphatic heterocycles. The van der Waals surface area contributed by atoms with Gasteiger partial charge in [-0.3, -0.25) is 4.79 Å². The molecule has 5 heteroatoms. The zero-order chi connectivity index (χ0) is 17.5. The Balaban J connectivity index is 1.84. The maximum atomic E-state index is 11.8. The van der Waals surface area contributed by atoms with Crippen molar-refractivity contribution >= 4 is 35.2 Å². The number of carbonyl (C=O) groups is 2. The summed E-state index contributed by atoms with van der Waals surface area (Å²) in [6.07, 6.45) is 2.93. The lowest BCUT2D eigenvalue weighted by Crippen LogP contribution is -2.20. The first-order valence-corrected chi connectivity index (χ1v) is 7.80. The monoisotopic (exact) mass is 343 g/mol. The highest BCUT2D eigenvalue weighted by Gasteiger charge is 2.08. The van der Waals surface area contributed by atoms with E-state index in [0.29, 0.717) is 10.7 Å². The number of anilines is 1. The van der Waals surface area contributed by atoms with Gasteiger partial charge in [0.25, 0.3) is 5.91 Å². The molecule has 0 bridgehead atoms. The van der Waals surface area contributed by atoms with Crippen LogP contribution in [0.3, 0.4) is 0 Å². The van der Waals surface area contributed by atoms with Gasteiger partial charge in [-0.05, 0) is 43.2 Å². The Morgan fingerprint density at radius 3 is 2.54 bits per heavy atom. The van der Waals surface area contributed by atoms with Gasteiger partial charge >= 0.3 is 5.97 Å². The Kier molecular flexibility index (Phi) is 6.15. The number of nitrogens with one attached hydrogen (secondary N) is 1. The van der Waals surface area contributed by atoms with Crippen molar-refractivity contribution in [1.82, 2.24) is 0 Å². The number of amides is 1. The van der Waals surface area contributed by atoms with E-state index in [-0.39, 0.29) is 6.61 Å². The average molecular weight is 344 g/mol. The third kappa shape index (κ3) is 5.25. The average Bonchev–Trinajstić information content (AvgIpc) is 2.56. The SMILES string of the molecule is Cc1ccc(C=CC(=O)OCC(=O)Nc2cccc(Cl)c2C)cc1. The van der Waals surface area contributed by atoms with Crippen LogP contribution in [-0.2, 0) is 14.3 Å². The fourth-order valence-electron chi connectivity index (χ4n) is 1.96. The van der Waals surface area contributed by atoms with Crippen molar-refractivity contribution in [3.8, 4) is 0 Å². The first kappa shape index (κ1) is 17.8. The molecule has 0 aliphatic carbocycles. The maximum Gasteiger partial charge on any atom is 0.331 e. The van der Waals surface area contributed by atoms with E-state index in [4.69, 9.17) is 16.3 Å². The minimum Gasteiger partial charge on any atom is -0.452 e. The second-order valence-corrected chi connectivity index (χ2v) is 5.72. The van der Waals surface area contributed by atoms with Gasteiger partial charge < -0.3 is 10.1 Å². The third-order valence-corrected chi connectivity index (χ3v) is 3.79. The van der Waals surface area contributed by atoms with Crippen molar-refractivity contribution in [3.05, 3.63) is 70.3 Å². The molecule has 1 amide bonds. The highest BCUT2D eigenvalue weighted by Crippen LogP contribution is 2.22. The minimum absolute atomic E-state index is 0.358. The first-order valence-electron chi connectivity index (χ1n) is 7.42. The lowest BCUT2D eigenvalue weighted by molar-refractivity contribution is -0.142. The molecule has 0 aromatic heterocycles. The Labute approximate surface area is 146 Å². The van der Waals surface area contributed by atoms with Crippen LogP contribution >= 0.6 is 11.6 Å². The van der Waals surface area contributed by atoms with Crippen molar-refractivity contribution in [1.29, 1.82) is 0 Å². The zero-order valence-electron chi connectivity index (χ0n) is 13.5. The number of aryl methyl sites for hydroxylation is 1. The molecule has 1 N–H and O–H groups in total. The zero-order valence-corrected chi connectivity index (χ0v) is 14.3. The van der Waals surface area contributed by atoms with E-state index in [1.165, 1.54) is 6.08 Å². The summed E-state index contributed by atoms with van der Waals surface area (Å²) in [5.41, 5.74) is 3.39. The molecule has 0 heterocycles. The van der Waals surface area contributed by atoms with Gasteiger partial charge in [0.15, 0.2) is 6.61 Å². The van der Waals surface area contributed by atoms with E-state index in [0.717, 1.165) is 16.7 Å². The van der Waals surface area contributed by atoms with E-state index in [9.17, 15) is 9.59 Å². The first-order chi connectivity index (χ1) is 11.5. The number of esters is 1. The van der Waals surface area contributed by atoms with Crippen LogP contribution < -0.4 is 5.32 Å². The lowest BCUT2D eigenvalue weighted by Gasteiger charge is -2.09. The highest BCUT2D eigenvalue weighted by molar-refractivity contribution is 6.31. The van der Waals surface area contributed by atoms with Crippen LogP contribution in [0.1, 0.15) is 16.7 Å². The Morgan fingerprint density at radius 2 is 1.83 bits per heavy atom. The van der Waals surface area contributed by atoms with Crippen LogP contribution in [0.15, 0.2) is 48.5 Å². The van der Waals surface area contributed by atoms with Crippen LogP contribution in [0.4, 0.5) is 5.69 Å². The smallest absolute Gasteiger partial charge is 0.331 e. The summed E-state index contributed by atoms with van der Waals surface area (Å²) in [6.45, 7) is 3.43. The van der Waals surface area contributed by atoms with Crippen molar-refractivity contribution in [2.45, 2.75) is 13.8 Å². The number of ether oxygens (including phenoxy) is 1. The lowest BCUT2D eigenvalue weighted by atomic mass is 10.1. The summed E-state index contributed by atoms with van der Waals surface area (Å²) in [4.78, 5) is 23.5. The summed E-state index contributed by atoms with van der Waals surface area (Å²) >= 11 is 5.99. The van der Waals surface area contributed by atoms with Crippen LogP contribution in [0.25, 0.3) is 6.08 Å². The second-order valence-electron chi connectivity index (χ2n) is 5.31. The number of benzene rings is 2. The number of carbonyl (C=O) groups excluding carboxylic acids is 2. The number of halogens is 1. The fraction of sp³-hybridized carbons (Fsp3) is 0.158. The minimum atomic E-state index is -0.575. The molecule has 2 rings (SSSR count). The quantitative estimate of drug-likeness (QED) is 0.655. The van der Waals surface area contributed by atoms with Gasteiger partial charge in [-0.2, -0.15) is 0 Å². The fourth-order valence-corrected chi connectivity index (χ4v) is 2.13. The van der Waals surface area contributed by atoms with Crippen molar-refractivity contribution < 1.29 is 14.3 Å². The molecule has 0 radical (unpaired) electrons. The van der Waals surface area contributed by atoms with Crippen LogP contribution in [0.5, 0.6) is 0 Å². The molecule has 2 aromatic carbocycles. The summed E-state index contributed by atoms with van der Waals surface area (Å²) < 4.78 is 4.92. The molecular weight excluding hydrogens is 326 g/mol. The number of hydrogen-bond acceptors (Lipinski definition) is 3. The van der Waals surface area contributed by atoms with Crippen LogP contribution in [-0.4, -0.2) is 18.5 Å². The maximum absolute atomic E-state index is 11.8. The largest absolute Gasteiger partial charge is 0.452 e. The van der Waals surface area contributed by atoms with Crippen LogP contribution in [0.2, 0.25) is 5.02 Å². The van der Waals surface area contributed by atoms with Gasteiger partial charge in [0.05, 0.1) is 0 Å². The predicted octanol–water partition coefficient (Wildman–Crippen LogP) is 4.15. The standard InChI is InChI=1S/C19H18ClNO3/c1-13-6-8-15(9-7-13)10-11-19(23)24-12-18(22)21-17-5-3-4-16(20)14(17)2/h3-11H,12H2,1-2H3,(H,21,22). The van der Waals surface area contributed by atoms with E-state index in [1.807, 2.05) is 31.2 Å². The van der Waals surface area contributed by atoms with Gasteiger partial charge in [0.1, 0.15) is 0 Å². The summed E-state index contributed by atoms with van der Waals surface area (Å²) in [6, 6.07) is 12.9. The molecule has 0 saturated heterocycles. The van der Waals surface area contributed by atoms with Crippen molar-refractivity contribution in [2.75, 3.05) is 11.9 Å². The van der Waals surface area contributed by atoms with E-state index in [1.54, 1.807) is 31.2 Å². The molecule has 4 nitrogen and oxygen atoms in total. The molecule has 0 saturated carbocycles. The molecule has 0 spiro atoms. The Hall–Kier alpha value is -2.59. The van der Waals surface area contributed by atoms with Gasteiger partial charge in [0, 0.05) is 16.8 Å².